The molecule has 0 radical (unpaired) electrons. The molecule has 46 heavy (non-hydrogen) atoms. The molecule has 0 saturated carbocycles. The van der Waals surface area contributed by atoms with Crippen LogP contribution in [0.2, 0.25) is 0 Å². The Balaban J connectivity index is 1.21. The molecule has 11 heteroatoms. The van der Waals surface area contributed by atoms with Crippen molar-refractivity contribution in [1.82, 2.24) is 30.0 Å². The van der Waals surface area contributed by atoms with Crippen molar-refractivity contribution in [2.75, 3.05) is 32.1 Å². The van der Waals surface area contributed by atoms with Crippen molar-refractivity contribution < 1.29 is 19.1 Å². The van der Waals surface area contributed by atoms with Crippen molar-refractivity contribution in [3.63, 3.8) is 0 Å². The predicted molar refractivity (Wildman–Crippen MR) is 173 cm³/mol. The van der Waals surface area contributed by atoms with Gasteiger partial charge in [-0.3, -0.25) is 24.0 Å². The zero-order valence-corrected chi connectivity index (χ0v) is 26.3. The molecule has 2 atom stereocenters. The minimum Gasteiger partial charge on any atom is -0.377 e. The number of aromatic nitrogens is 4. The van der Waals surface area contributed by atoms with Crippen LogP contribution in [0.15, 0.2) is 48.9 Å². The summed E-state index contributed by atoms with van der Waals surface area (Å²) in [6.07, 6.45) is 11.9. The van der Waals surface area contributed by atoms with E-state index < -0.39 is 17.4 Å². The van der Waals surface area contributed by atoms with Crippen molar-refractivity contribution in [2.45, 2.75) is 50.5 Å². The number of hydrogen-bond acceptors (Lipinski definition) is 7. The van der Waals surface area contributed by atoms with E-state index in [0.717, 1.165) is 57.1 Å². The van der Waals surface area contributed by atoms with E-state index in [-0.39, 0.29) is 17.5 Å². The maximum atomic E-state index is 13.8. The van der Waals surface area contributed by atoms with E-state index in [1.807, 2.05) is 55.2 Å². The van der Waals surface area contributed by atoms with Gasteiger partial charge >= 0.3 is 0 Å². The molecule has 0 unspecified atom stereocenters. The lowest BCUT2D eigenvalue weighted by Gasteiger charge is -2.25. The van der Waals surface area contributed by atoms with Crippen LogP contribution in [0, 0.1) is 6.92 Å². The quantitative estimate of drug-likeness (QED) is 0.352. The van der Waals surface area contributed by atoms with Crippen LogP contribution in [0.5, 0.6) is 0 Å². The first kappa shape index (κ1) is 29.8. The van der Waals surface area contributed by atoms with Crippen LogP contribution in [0.3, 0.4) is 0 Å². The van der Waals surface area contributed by atoms with Gasteiger partial charge in [-0.05, 0) is 78.6 Å². The van der Waals surface area contributed by atoms with Crippen molar-refractivity contribution in [1.29, 1.82) is 0 Å². The van der Waals surface area contributed by atoms with Crippen molar-refractivity contribution >= 4 is 40.5 Å². The van der Waals surface area contributed by atoms with Crippen LogP contribution in [0.25, 0.3) is 17.0 Å². The fourth-order valence-electron chi connectivity index (χ4n) is 7.10. The monoisotopic (exact) mass is 619 g/mol. The number of nitrogens with zero attached hydrogens (tertiary/aromatic N) is 5. The average molecular weight is 620 g/mol. The Morgan fingerprint density at radius 1 is 1.00 bits per heavy atom. The van der Waals surface area contributed by atoms with Gasteiger partial charge in [-0.15, -0.1) is 0 Å². The number of pyridine rings is 2. The molecule has 5 bridgehead atoms. The first-order chi connectivity index (χ1) is 22.2. The molecule has 7 rings (SSSR count). The summed E-state index contributed by atoms with van der Waals surface area (Å²) >= 11 is 0. The Morgan fingerprint density at radius 2 is 1.85 bits per heavy atom. The molecule has 2 N–H and O–H groups in total. The van der Waals surface area contributed by atoms with E-state index in [1.54, 1.807) is 30.4 Å². The van der Waals surface area contributed by atoms with E-state index in [4.69, 9.17) is 4.74 Å². The number of nitrogens with one attached hydrogen (secondary N) is 2. The minimum absolute atomic E-state index is 0.102. The van der Waals surface area contributed by atoms with Gasteiger partial charge in [-0.2, -0.15) is 5.10 Å². The second-order valence-electron chi connectivity index (χ2n) is 12.7. The molecule has 2 aliphatic heterocycles. The number of hydrogen-bond donors (Lipinski definition) is 2. The number of ether oxygens (including phenoxy) is 1. The number of likely N-dealkylation sites (N-methyl/N-ethyl adjacent to an activating group) is 1. The summed E-state index contributed by atoms with van der Waals surface area (Å²) in [5.74, 6) is -0.135. The Hall–Kier alpha value is -4.90. The first-order valence-corrected chi connectivity index (χ1v) is 15.7. The second-order valence-corrected chi connectivity index (χ2v) is 12.7. The molecule has 1 aliphatic carbocycles. The van der Waals surface area contributed by atoms with Gasteiger partial charge in [0.1, 0.15) is 17.6 Å². The van der Waals surface area contributed by atoms with Gasteiger partial charge in [-0.1, -0.05) is 18.2 Å². The van der Waals surface area contributed by atoms with E-state index in [1.165, 1.54) is 0 Å². The van der Waals surface area contributed by atoms with Crippen molar-refractivity contribution in [3.8, 4) is 0 Å². The average Bonchev–Trinajstić information content (AvgIpc) is 3.69. The number of carbonyl (C=O) groups is 3. The summed E-state index contributed by atoms with van der Waals surface area (Å²) < 4.78 is 7.65. The molecular formula is C35H37N7O4. The number of anilines is 1. The summed E-state index contributed by atoms with van der Waals surface area (Å²) in [6.45, 7) is 3.56. The second kappa shape index (κ2) is 11.8. The predicted octanol–water partition coefficient (Wildman–Crippen LogP) is 3.28. The van der Waals surface area contributed by atoms with Crippen LogP contribution in [0.4, 0.5) is 5.82 Å². The highest BCUT2D eigenvalue weighted by Gasteiger charge is 2.51. The highest BCUT2D eigenvalue weighted by Crippen LogP contribution is 2.47. The molecule has 1 aromatic carbocycles. The zero-order chi connectivity index (χ0) is 32.0. The van der Waals surface area contributed by atoms with Crippen molar-refractivity contribution in [3.05, 3.63) is 88.0 Å². The topological polar surface area (TPSA) is 131 Å². The Morgan fingerprint density at radius 3 is 2.72 bits per heavy atom. The van der Waals surface area contributed by atoms with Gasteiger partial charge in [0, 0.05) is 57.0 Å². The summed E-state index contributed by atoms with van der Waals surface area (Å²) in [6, 6.07) is 7.05. The zero-order valence-electron chi connectivity index (χ0n) is 26.3. The fraction of sp³-hybridized carbons (Fsp3) is 0.371. The molecule has 3 aromatic heterocycles. The highest BCUT2D eigenvalue weighted by molar-refractivity contribution is 6.06. The number of benzene rings is 1. The van der Waals surface area contributed by atoms with E-state index in [9.17, 15) is 14.4 Å². The highest BCUT2D eigenvalue weighted by atomic mass is 16.5. The molecule has 0 saturated heterocycles. The Bertz CT molecular complexity index is 1910. The van der Waals surface area contributed by atoms with Gasteiger partial charge in [0.25, 0.3) is 5.91 Å². The normalized spacial score (nSPS) is 22.5. The maximum absolute atomic E-state index is 13.8. The molecule has 11 nitrogen and oxygen atoms in total. The first-order valence-electron chi connectivity index (χ1n) is 15.7. The summed E-state index contributed by atoms with van der Waals surface area (Å²) in [4.78, 5) is 51.7. The van der Waals surface area contributed by atoms with E-state index in [2.05, 4.69) is 25.7 Å². The fourth-order valence-corrected chi connectivity index (χ4v) is 7.10. The van der Waals surface area contributed by atoms with Crippen LogP contribution < -0.4 is 10.6 Å². The number of fused-ring (bicyclic) bond motifs is 3. The van der Waals surface area contributed by atoms with Crippen LogP contribution in [-0.2, 0) is 46.1 Å². The maximum Gasteiger partial charge on any atom is 0.270 e. The molecule has 0 fully saturated rings. The van der Waals surface area contributed by atoms with Crippen LogP contribution in [-0.4, -0.2) is 75.2 Å². The summed E-state index contributed by atoms with van der Waals surface area (Å²) in [7, 11) is 3.68. The third kappa shape index (κ3) is 5.34. The van der Waals surface area contributed by atoms with Crippen molar-refractivity contribution in [2.24, 2.45) is 7.05 Å². The molecule has 5 heterocycles. The van der Waals surface area contributed by atoms with E-state index in [0.29, 0.717) is 44.8 Å². The lowest BCUT2D eigenvalue weighted by molar-refractivity contribution is -0.132. The molecule has 4 aromatic rings. The Labute approximate surface area is 267 Å². The molecular weight excluding hydrogens is 582 g/mol. The van der Waals surface area contributed by atoms with Gasteiger partial charge in [0.15, 0.2) is 0 Å². The molecule has 1 spiro atoms. The molecule has 236 valence electrons. The Kier molecular flexibility index (Phi) is 7.64. The number of aryl methyl sites for hydroxylation is 2. The smallest absolute Gasteiger partial charge is 0.270 e. The standard InChI is InChI=1S/C35H37N7O4/c1-21-11-23(12-25-20-38-42(3)30(21)25)14-29-33(44)41(2)8-4-5-9-46-10-6-7-22-13-27-31(37-18-22)40-34(45)35(27)16-24-15-28(32(43)39-29)36-19-26(24)17-35/h6-7,11-13,15,18-20,29H,4-5,8-10,14,16-17H2,1-3H3,(H,39,43)(H,37,40,45)/b7-6+/t29-,35-/m1/s1. The third-order valence-electron chi connectivity index (χ3n) is 9.45. The summed E-state index contributed by atoms with van der Waals surface area (Å²) in [5.41, 5.74) is 5.96. The lowest BCUT2D eigenvalue weighted by atomic mass is 9.79. The molecule has 3 aliphatic rings. The van der Waals surface area contributed by atoms with Gasteiger partial charge in [0.05, 0.1) is 23.7 Å². The number of amides is 3. The number of rotatable bonds is 2. The van der Waals surface area contributed by atoms with E-state index >= 15 is 0 Å². The summed E-state index contributed by atoms with van der Waals surface area (Å²) in [5, 5.41) is 11.3. The van der Waals surface area contributed by atoms with Gasteiger partial charge in [0.2, 0.25) is 11.8 Å². The largest absolute Gasteiger partial charge is 0.377 e. The van der Waals surface area contributed by atoms with Crippen LogP contribution in [0.1, 0.15) is 56.7 Å². The lowest BCUT2D eigenvalue weighted by Crippen LogP contribution is -2.49. The van der Waals surface area contributed by atoms with Crippen LogP contribution >= 0.6 is 0 Å². The third-order valence-corrected chi connectivity index (χ3v) is 9.45. The molecule has 3 amide bonds. The SMILES string of the molecule is Cc1cc(C[C@H]2NC(=O)c3cc4c(cn3)C[C@@]3(C4)C(=O)Nc4ncc(cc43)/C=C/COCCCCN(C)C2=O)cc2cnn(C)c12. The minimum atomic E-state index is -0.815. The number of carbonyl (C=O) groups excluding carboxylic acids is 3. The van der Waals surface area contributed by atoms with Gasteiger partial charge in [-0.25, -0.2) is 4.98 Å². The van der Waals surface area contributed by atoms with Gasteiger partial charge < -0.3 is 20.3 Å².